The monoisotopic (exact) mass is 398 g/mol. The fourth-order valence-electron chi connectivity index (χ4n) is 2.44. The second-order valence-corrected chi connectivity index (χ2v) is 6.17. The summed E-state index contributed by atoms with van der Waals surface area (Å²) in [7, 11) is 0. The van der Waals surface area contributed by atoms with Crippen LogP contribution in [0.3, 0.4) is 0 Å². The number of aromatic hydroxyl groups is 2. The molecule has 0 aliphatic heterocycles. The van der Waals surface area contributed by atoms with E-state index in [1.165, 1.54) is 16.8 Å². The molecule has 2 rings (SSSR count). The minimum absolute atomic E-state index is 0.0476. The average molecular weight is 398 g/mol. The highest BCUT2D eigenvalue weighted by Gasteiger charge is 2.26. The van der Waals surface area contributed by atoms with E-state index in [2.05, 4.69) is 4.98 Å². The van der Waals surface area contributed by atoms with Gasteiger partial charge in [0.25, 0.3) is 0 Å². The summed E-state index contributed by atoms with van der Waals surface area (Å²) in [5, 5.41) is 48.2. The van der Waals surface area contributed by atoms with Crippen molar-refractivity contribution in [2.75, 3.05) is 0 Å². The largest absolute Gasteiger partial charge is 0.504 e. The number of hydrogen-bond acceptors (Lipinski definition) is 8. The van der Waals surface area contributed by atoms with Crippen LogP contribution in [-0.4, -0.2) is 59.1 Å². The molecule has 1 aromatic heterocycles. The quantitative estimate of drug-likeness (QED) is 0.218. The molecule has 0 aliphatic carbocycles. The van der Waals surface area contributed by atoms with E-state index in [1.807, 2.05) is 0 Å². The van der Waals surface area contributed by atoms with Gasteiger partial charge in [-0.25, -0.2) is 0 Å². The van der Waals surface area contributed by atoms with Crippen LogP contribution >= 0.6 is 12.2 Å². The van der Waals surface area contributed by atoms with E-state index < -0.39 is 41.6 Å². The van der Waals surface area contributed by atoms with Gasteiger partial charge >= 0.3 is 11.9 Å². The Morgan fingerprint density at radius 2 is 1.81 bits per heavy atom. The van der Waals surface area contributed by atoms with Crippen LogP contribution in [0.1, 0.15) is 17.4 Å². The lowest BCUT2D eigenvalue weighted by molar-refractivity contribution is -0.141. The van der Waals surface area contributed by atoms with Crippen LogP contribution in [-0.2, 0) is 16.0 Å². The fraction of sp³-hybridized carbons (Fsp3) is 0.267. The van der Waals surface area contributed by atoms with Crippen molar-refractivity contribution in [3.8, 4) is 17.2 Å². The van der Waals surface area contributed by atoms with Crippen molar-refractivity contribution < 1.29 is 35.1 Å². The summed E-state index contributed by atoms with van der Waals surface area (Å²) in [5.74, 6) is -3.99. The third-order valence-electron chi connectivity index (χ3n) is 3.90. The lowest BCUT2D eigenvalue weighted by atomic mass is 10.0. The summed E-state index contributed by atoms with van der Waals surface area (Å²) < 4.78 is 1.27. The molecule has 0 amide bonds. The number of imidazole rings is 1. The number of phenolic OH excluding ortho intramolecular Hbond substituents is 2. The number of aromatic nitrogens is 2. The van der Waals surface area contributed by atoms with E-state index >= 15 is 0 Å². The van der Waals surface area contributed by atoms with E-state index in [0.717, 1.165) is 6.07 Å². The number of aliphatic hydroxyl groups is 1. The fourth-order valence-corrected chi connectivity index (χ4v) is 2.71. The van der Waals surface area contributed by atoms with Crippen LogP contribution in [0.15, 0.2) is 18.3 Å². The predicted octanol–water partition coefficient (Wildman–Crippen LogP) is -0.654. The van der Waals surface area contributed by atoms with Gasteiger partial charge in [0.1, 0.15) is 18.2 Å². The molecule has 0 unspecified atom stereocenters. The first-order valence-electron chi connectivity index (χ1n) is 7.55. The predicted molar refractivity (Wildman–Crippen MR) is 94.2 cm³/mol. The number of nitrogens with one attached hydrogen (secondary N) is 1. The number of hydrogen-bond donors (Lipinski definition) is 8. The van der Waals surface area contributed by atoms with Crippen molar-refractivity contribution in [2.24, 2.45) is 11.5 Å². The van der Waals surface area contributed by atoms with Crippen LogP contribution in [0, 0.1) is 4.77 Å². The van der Waals surface area contributed by atoms with Crippen molar-refractivity contribution in [3.05, 3.63) is 34.4 Å². The number of nitrogens with two attached hydrogens (primary N) is 2. The number of aliphatic carboxylic acids is 2. The number of aromatic amines is 1. The number of carboxylic acid groups (broad SMARTS) is 2. The van der Waals surface area contributed by atoms with Gasteiger partial charge in [-0.05, 0) is 29.9 Å². The molecule has 27 heavy (non-hydrogen) atoms. The van der Waals surface area contributed by atoms with Crippen molar-refractivity contribution >= 4 is 24.2 Å². The number of rotatable bonds is 7. The van der Waals surface area contributed by atoms with Gasteiger partial charge in [0.2, 0.25) is 0 Å². The van der Waals surface area contributed by atoms with Gasteiger partial charge in [0.15, 0.2) is 16.3 Å². The second kappa shape index (κ2) is 7.75. The number of benzene rings is 1. The van der Waals surface area contributed by atoms with Gasteiger partial charge in [-0.15, -0.1) is 0 Å². The molecule has 0 aliphatic rings. The normalized spacial score (nSPS) is 14.5. The Kier molecular flexibility index (Phi) is 5.85. The Balaban J connectivity index is 2.60. The van der Waals surface area contributed by atoms with E-state index in [0.29, 0.717) is 0 Å². The highest BCUT2D eigenvalue weighted by atomic mass is 32.1. The van der Waals surface area contributed by atoms with Gasteiger partial charge in [-0.1, -0.05) is 0 Å². The van der Waals surface area contributed by atoms with Crippen molar-refractivity contribution in [3.63, 3.8) is 0 Å². The van der Waals surface area contributed by atoms with E-state index in [9.17, 15) is 24.9 Å². The number of phenols is 2. The molecule has 0 bridgehead atoms. The van der Waals surface area contributed by atoms with Crippen molar-refractivity contribution in [1.82, 2.24) is 9.55 Å². The van der Waals surface area contributed by atoms with Gasteiger partial charge in [0.05, 0.1) is 5.69 Å². The SMILES string of the molecule is N[C@H](C(=O)O)[C@H](O)c1cc(O)c(O)c(-n2c(C[C@H](N)C(=O)O)c[nH]c2=S)c1. The molecular formula is C15H18N4O7S. The highest BCUT2D eigenvalue weighted by molar-refractivity contribution is 7.71. The first kappa shape index (κ1) is 20.4. The highest BCUT2D eigenvalue weighted by Crippen LogP contribution is 2.36. The summed E-state index contributed by atoms with van der Waals surface area (Å²) in [6.45, 7) is 0. The first-order chi connectivity index (χ1) is 12.5. The van der Waals surface area contributed by atoms with Crippen LogP contribution in [0.2, 0.25) is 0 Å². The number of H-pyrrole nitrogens is 1. The Bertz CT molecular complexity index is 939. The summed E-state index contributed by atoms with van der Waals surface area (Å²) >= 11 is 5.12. The van der Waals surface area contributed by atoms with E-state index in [1.54, 1.807) is 0 Å². The molecule has 1 aromatic carbocycles. The van der Waals surface area contributed by atoms with Crippen LogP contribution in [0.25, 0.3) is 5.69 Å². The molecule has 1 heterocycles. The van der Waals surface area contributed by atoms with Crippen molar-refractivity contribution in [2.45, 2.75) is 24.6 Å². The molecule has 0 saturated heterocycles. The maximum Gasteiger partial charge on any atom is 0.323 e. The first-order valence-corrected chi connectivity index (χ1v) is 7.95. The maximum absolute atomic E-state index is 11.0. The minimum atomic E-state index is -1.69. The standard InChI is InChI=1S/C15H18N4O7S/c16-7(13(23)24)3-6-4-18-15(27)19(6)8-1-5(2-9(20)12(8)22)11(21)10(17)14(25)26/h1-2,4,7,10-11,20-22H,3,16-17H2,(H,18,27)(H,23,24)(H,25,26)/t7-,10-,11+/m0/s1. The van der Waals surface area contributed by atoms with Gasteiger partial charge in [-0.2, -0.15) is 0 Å². The minimum Gasteiger partial charge on any atom is -0.504 e. The Labute approximate surface area is 157 Å². The van der Waals surface area contributed by atoms with Crippen LogP contribution in [0.5, 0.6) is 11.5 Å². The summed E-state index contributed by atoms with van der Waals surface area (Å²) in [5.41, 5.74) is 11.0. The number of carbonyl (C=O) groups is 2. The maximum atomic E-state index is 11.0. The van der Waals surface area contributed by atoms with Crippen LogP contribution in [0.4, 0.5) is 0 Å². The van der Waals surface area contributed by atoms with Gasteiger partial charge < -0.3 is 42.0 Å². The average Bonchev–Trinajstić information content (AvgIpc) is 2.95. The second-order valence-electron chi connectivity index (χ2n) is 5.79. The third-order valence-corrected chi connectivity index (χ3v) is 4.20. The lowest BCUT2D eigenvalue weighted by Gasteiger charge is -2.19. The van der Waals surface area contributed by atoms with E-state index in [-0.39, 0.29) is 28.1 Å². The number of aliphatic hydroxyl groups excluding tert-OH is 1. The zero-order chi connectivity index (χ0) is 20.5. The topological polar surface area (TPSA) is 208 Å². The third kappa shape index (κ3) is 4.09. The zero-order valence-electron chi connectivity index (χ0n) is 13.7. The van der Waals surface area contributed by atoms with E-state index in [4.69, 9.17) is 33.9 Å². The Hall–Kier alpha value is -2.93. The molecule has 146 valence electrons. The number of nitrogens with zero attached hydrogens (tertiary/aromatic N) is 1. The smallest absolute Gasteiger partial charge is 0.323 e. The molecule has 12 heteroatoms. The summed E-state index contributed by atoms with van der Waals surface area (Å²) in [4.78, 5) is 24.7. The Morgan fingerprint density at radius 1 is 1.19 bits per heavy atom. The molecule has 10 N–H and O–H groups in total. The molecular weight excluding hydrogens is 380 g/mol. The molecule has 0 radical (unpaired) electrons. The molecule has 0 saturated carbocycles. The summed E-state index contributed by atoms with van der Waals surface area (Å²) in [6.07, 6.45) is -0.469. The molecule has 0 spiro atoms. The lowest BCUT2D eigenvalue weighted by Crippen LogP contribution is -2.36. The number of carboxylic acids is 2. The summed E-state index contributed by atoms with van der Waals surface area (Å²) in [6, 6.07) is -0.792. The van der Waals surface area contributed by atoms with Gasteiger partial charge in [-0.3, -0.25) is 14.2 Å². The van der Waals surface area contributed by atoms with Crippen molar-refractivity contribution in [1.29, 1.82) is 0 Å². The molecule has 11 nitrogen and oxygen atoms in total. The molecule has 3 atom stereocenters. The molecule has 0 fully saturated rings. The van der Waals surface area contributed by atoms with Crippen LogP contribution < -0.4 is 11.5 Å². The zero-order valence-corrected chi connectivity index (χ0v) is 14.6. The Morgan fingerprint density at radius 3 is 2.37 bits per heavy atom. The molecule has 2 aromatic rings. The van der Waals surface area contributed by atoms with Gasteiger partial charge in [0, 0.05) is 18.3 Å².